The summed E-state index contributed by atoms with van der Waals surface area (Å²) in [6.45, 7) is 1.58. The fraction of sp³-hybridized carbons (Fsp3) is 0.143. The Kier molecular flexibility index (Phi) is 3.64. The highest BCUT2D eigenvalue weighted by atomic mass is 35.5. The number of hydrogen-bond acceptors (Lipinski definition) is 1. The van der Waals surface area contributed by atoms with Gasteiger partial charge in [0.15, 0.2) is 0 Å². The first-order chi connectivity index (χ1) is 8.50. The topological polar surface area (TPSA) is 20.2 Å². The zero-order chi connectivity index (χ0) is 13.3. The molecule has 2 aromatic rings. The van der Waals surface area contributed by atoms with Crippen LogP contribution in [0.3, 0.4) is 0 Å². The molecule has 2 rings (SSSR count). The van der Waals surface area contributed by atoms with Crippen LogP contribution in [0.5, 0.6) is 0 Å². The SMILES string of the molecule is Cc1cc(C(O)c2cccc(Cl)c2F)ccc1F. The van der Waals surface area contributed by atoms with Crippen LogP contribution < -0.4 is 0 Å². The minimum absolute atomic E-state index is 0.0506. The molecule has 0 aliphatic rings. The molecule has 94 valence electrons. The van der Waals surface area contributed by atoms with Gasteiger partial charge in [-0.1, -0.05) is 35.9 Å². The molecule has 0 aromatic heterocycles. The normalized spacial score (nSPS) is 12.5. The molecule has 1 nitrogen and oxygen atoms in total. The molecule has 1 atom stereocenters. The average molecular weight is 269 g/mol. The van der Waals surface area contributed by atoms with Crippen LogP contribution in [0.15, 0.2) is 36.4 Å². The number of aryl methyl sites for hydroxylation is 1. The van der Waals surface area contributed by atoms with Crippen molar-refractivity contribution in [3.05, 3.63) is 69.7 Å². The van der Waals surface area contributed by atoms with Crippen molar-refractivity contribution in [2.45, 2.75) is 13.0 Å². The molecule has 0 bridgehead atoms. The summed E-state index contributed by atoms with van der Waals surface area (Å²) in [7, 11) is 0. The Morgan fingerprint density at radius 3 is 2.56 bits per heavy atom. The van der Waals surface area contributed by atoms with E-state index in [1.807, 2.05) is 0 Å². The maximum absolute atomic E-state index is 13.8. The zero-order valence-electron chi connectivity index (χ0n) is 9.62. The molecular weight excluding hydrogens is 258 g/mol. The van der Waals surface area contributed by atoms with Crippen molar-refractivity contribution in [3.8, 4) is 0 Å². The number of halogens is 3. The molecule has 0 heterocycles. The van der Waals surface area contributed by atoms with Crippen LogP contribution in [0, 0.1) is 18.6 Å². The monoisotopic (exact) mass is 268 g/mol. The van der Waals surface area contributed by atoms with E-state index < -0.39 is 11.9 Å². The van der Waals surface area contributed by atoms with Crippen molar-refractivity contribution < 1.29 is 13.9 Å². The van der Waals surface area contributed by atoms with Crippen molar-refractivity contribution in [1.29, 1.82) is 0 Å². The summed E-state index contributed by atoms with van der Waals surface area (Å²) in [5.74, 6) is -1.02. The Morgan fingerprint density at radius 1 is 1.17 bits per heavy atom. The molecule has 0 radical (unpaired) electrons. The van der Waals surface area contributed by atoms with Crippen molar-refractivity contribution in [2.24, 2.45) is 0 Å². The van der Waals surface area contributed by atoms with E-state index in [0.717, 1.165) is 0 Å². The van der Waals surface area contributed by atoms with Crippen molar-refractivity contribution in [3.63, 3.8) is 0 Å². The van der Waals surface area contributed by atoms with E-state index in [1.165, 1.54) is 30.3 Å². The molecule has 4 heteroatoms. The molecule has 0 saturated carbocycles. The lowest BCUT2D eigenvalue weighted by Gasteiger charge is -2.13. The van der Waals surface area contributed by atoms with Gasteiger partial charge in [0.25, 0.3) is 0 Å². The van der Waals surface area contributed by atoms with Crippen LogP contribution in [0.1, 0.15) is 22.8 Å². The first-order valence-corrected chi connectivity index (χ1v) is 5.76. The highest BCUT2D eigenvalue weighted by Crippen LogP contribution is 2.28. The first kappa shape index (κ1) is 13.0. The lowest BCUT2D eigenvalue weighted by molar-refractivity contribution is 0.215. The second-order valence-corrected chi connectivity index (χ2v) is 4.46. The van der Waals surface area contributed by atoms with Gasteiger partial charge in [0.1, 0.15) is 17.7 Å². The van der Waals surface area contributed by atoms with Crippen LogP contribution in [0.25, 0.3) is 0 Å². The summed E-state index contributed by atoms with van der Waals surface area (Å²) in [4.78, 5) is 0. The molecular formula is C14H11ClF2O. The quantitative estimate of drug-likeness (QED) is 0.873. The smallest absolute Gasteiger partial charge is 0.147 e. The van der Waals surface area contributed by atoms with Crippen molar-refractivity contribution in [2.75, 3.05) is 0 Å². The number of aliphatic hydroxyl groups is 1. The molecule has 0 saturated heterocycles. The number of rotatable bonds is 2. The van der Waals surface area contributed by atoms with Crippen LogP contribution in [0.2, 0.25) is 5.02 Å². The van der Waals surface area contributed by atoms with Crippen LogP contribution >= 0.6 is 11.6 Å². The highest BCUT2D eigenvalue weighted by molar-refractivity contribution is 6.30. The molecule has 0 aliphatic carbocycles. The van der Waals surface area contributed by atoms with Crippen LogP contribution in [-0.4, -0.2) is 5.11 Å². The van der Waals surface area contributed by atoms with Gasteiger partial charge in [-0.3, -0.25) is 0 Å². The van der Waals surface area contributed by atoms with Gasteiger partial charge in [0.05, 0.1) is 5.02 Å². The van der Waals surface area contributed by atoms with E-state index in [0.29, 0.717) is 11.1 Å². The molecule has 0 aliphatic heterocycles. The molecule has 1 unspecified atom stereocenters. The molecule has 0 amide bonds. The largest absolute Gasteiger partial charge is 0.384 e. The fourth-order valence-electron chi connectivity index (χ4n) is 1.75. The number of benzene rings is 2. The Morgan fingerprint density at radius 2 is 1.89 bits per heavy atom. The Bertz CT molecular complexity index is 584. The predicted molar refractivity (Wildman–Crippen MR) is 66.6 cm³/mol. The van der Waals surface area contributed by atoms with E-state index in [4.69, 9.17) is 11.6 Å². The van der Waals surface area contributed by atoms with Gasteiger partial charge in [-0.15, -0.1) is 0 Å². The maximum atomic E-state index is 13.8. The molecule has 18 heavy (non-hydrogen) atoms. The van der Waals surface area contributed by atoms with Crippen molar-refractivity contribution >= 4 is 11.6 Å². The summed E-state index contributed by atoms with van der Waals surface area (Å²) in [6.07, 6.45) is -1.16. The van der Waals surface area contributed by atoms with E-state index in [9.17, 15) is 13.9 Å². The Labute approximate surface area is 109 Å². The van der Waals surface area contributed by atoms with Gasteiger partial charge in [-0.05, 0) is 30.2 Å². The number of hydrogen-bond donors (Lipinski definition) is 1. The predicted octanol–water partition coefficient (Wildman–Crippen LogP) is 4.01. The Balaban J connectivity index is 2.44. The van der Waals surface area contributed by atoms with Gasteiger partial charge in [0.2, 0.25) is 0 Å². The third-order valence-corrected chi connectivity index (χ3v) is 3.07. The van der Waals surface area contributed by atoms with Gasteiger partial charge in [-0.2, -0.15) is 0 Å². The maximum Gasteiger partial charge on any atom is 0.147 e. The van der Waals surface area contributed by atoms with Crippen molar-refractivity contribution in [1.82, 2.24) is 0 Å². The third-order valence-electron chi connectivity index (χ3n) is 2.77. The van der Waals surface area contributed by atoms with E-state index in [-0.39, 0.29) is 16.4 Å². The fourth-order valence-corrected chi connectivity index (χ4v) is 1.93. The second-order valence-electron chi connectivity index (χ2n) is 4.05. The number of aliphatic hydroxyl groups excluding tert-OH is 1. The Hall–Kier alpha value is -1.45. The minimum atomic E-state index is -1.16. The lowest BCUT2D eigenvalue weighted by atomic mass is 9.99. The summed E-state index contributed by atoms with van der Waals surface area (Å²) >= 11 is 5.66. The van der Waals surface area contributed by atoms with Gasteiger partial charge >= 0.3 is 0 Å². The standard InChI is InChI=1S/C14H11ClF2O/c1-8-7-9(5-6-12(8)16)14(18)10-3-2-4-11(15)13(10)17/h2-7,14,18H,1H3. The van der Waals surface area contributed by atoms with Gasteiger partial charge in [0, 0.05) is 5.56 Å². The third kappa shape index (κ3) is 2.37. The second kappa shape index (κ2) is 5.04. The molecule has 0 fully saturated rings. The molecule has 0 spiro atoms. The highest BCUT2D eigenvalue weighted by Gasteiger charge is 2.17. The molecule has 1 N–H and O–H groups in total. The minimum Gasteiger partial charge on any atom is -0.384 e. The summed E-state index contributed by atoms with van der Waals surface area (Å²) in [6, 6.07) is 8.57. The lowest BCUT2D eigenvalue weighted by Crippen LogP contribution is -2.03. The van der Waals surface area contributed by atoms with E-state index >= 15 is 0 Å². The van der Waals surface area contributed by atoms with Crippen LogP contribution in [-0.2, 0) is 0 Å². The molecule has 2 aromatic carbocycles. The summed E-state index contributed by atoms with van der Waals surface area (Å²) in [5.41, 5.74) is 0.901. The van der Waals surface area contributed by atoms with E-state index in [1.54, 1.807) is 13.0 Å². The van der Waals surface area contributed by atoms with Crippen LogP contribution in [0.4, 0.5) is 8.78 Å². The van der Waals surface area contributed by atoms with Gasteiger partial charge < -0.3 is 5.11 Å². The average Bonchev–Trinajstić information content (AvgIpc) is 2.35. The van der Waals surface area contributed by atoms with E-state index in [2.05, 4.69) is 0 Å². The summed E-state index contributed by atoms with van der Waals surface area (Å²) < 4.78 is 26.9. The zero-order valence-corrected chi connectivity index (χ0v) is 10.4. The first-order valence-electron chi connectivity index (χ1n) is 5.38. The summed E-state index contributed by atoms with van der Waals surface area (Å²) in [5, 5.41) is 10.0. The van der Waals surface area contributed by atoms with Gasteiger partial charge in [-0.25, -0.2) is 8.78 Å².